The summed E-state index contributed by atoms with van der Waals surface area (Å²) in [5.41, 5.74) is -0.457. The fourth-order valence-corrected chi connectivity index (χ4v) is 3.22. The van der Waals surface area contributed by atoms with Crippen molar-refractivity contribution in [2.75, 3.05) is 66.6 Å². The van der Waals surface area contributed by atoms with E-state index in [2.05, 4.69) is 29.5 Å². The Morgan fingerprint density at radius 3 is 2.69 bits per heavy atom. The Labute approximate surface area is 177 Å². The summed E-state index contributed by atoms with van der Waals surface area (Å²) in [4.78, 5) is 21.2. The van der Waals surface area contributed by atoms with Crippen molar-refractivity contribution in [3.63, 3.8) is 0 Å². The van der Waals surface area contributed by atoms with E-state index in [4.69, 9.17) is 14.5 Å². The van der Waals surface area contributed by atoms with Gasteiger partial charge in [-0.05, 0) is 59.9 Å². The van der Waals surface area contributed by atoms with Gasteiger partial charge < -0.3 is 29.9 Å². The van der Waals surface area contributed by atoms with Crippen molar-refractivity contribution >= 4 is 12.1 Å². The van der Waals surface area contributed by atoms with E-state index in [1.807, 2.05) is 25.7 Å². The van der Waals surface area contributed by atoms with E-state index in [0.29, 0.717) is 19.0 Å². The minimum absolute atomic E-state index is 0.215. The first-order chi connectivity index (χ1) is 13.7. The number of ether oxygens (including phenoxy) is 2. The Balaban J connectivity index is 2.44. The van der Waals surface area contributed by atoms with Gasteiger partial charge in [0.1, 0.15) is 5.60 Å². The second-order valence-corrected chi connectivity index (χ2v) is 8.73. The fourth-order valence-electron chi connectivity index (χ4n) is 3.22. The molecule has 0 saturated carbocycles. The predicted molar refractivity (Wildman–Crippen MR) is 119 cm³/mol. The van der Waals surface area contributed by atoms with Crippen LogP contribution >= 0.6 is 0 Å². The second-order valence-electron chi connectivity index (χ2n) is 8.73. The summed E-state index contributed by atoms with van der Waals surface area (Å²) in [5, 5.41) is 6.72. The van der Waals surface area contributed by atoms with Crippen LogP contribution in [-0.2, 0) is 9.47 Å². The van der Waals surface area contributed by atoms with E-state index in [1.165, 1.54) is 0 Å². The summed E-state index contributed by atoms with van der Waals surface area (Å²) in [5.74, 6) is 1.20. The third-order valence-electron chi connectivity index (χ3n) is 4.70. The first-order valence-electron chi connectivity index (χ1n) is 10.9. The lowest BCUT2D eigenvalue weighted by Gasteiger charge is -2.33. The molecule has 1 heterocycles. The van der Waals surface area contributed by atoms with Gasteiger partial charge in [-0.15, -0.1) is 0 Å². The van der Waals surface area contributed by atoms with Crippen LogP contribution in [-0.4, -0.2) is 94.0 Å². The predicted octanol–water partition coefficient (Wildman–Crippen LogP) is 2.16. The highest BCUT2D eigenvalue weighted by molar-refractivity contribution is 5.79. The Hall–Kier alpha value is -1.54. The first kappa shape index (κ1) is 25.5. The van der Waals surface area contributed by atoms with Crippen molar-refractivity contribution in [1.82, 2.24) is 20.4 Å². The zero-order valence-electron chi connectivity index (χ0n) is 19.4. The summed E-state index contributed by atoms with van der Waals surface area (Å²) in [6.45, 7) is 14.4. The number of nitrogens with zero attached hydrogens (tertiary/aromatic N) is 3. The van der Waals surface area contributed by atoms with E-state index < -0.39 is 5.60 Å². The Morgan fingerprint density at radius 2 is 2.03 bits per heavy atom. The normalized spacial score (nSPS) is 18.1. The molecule has 0 aromatic rings. The topological polar surface area (TPSA) is 78.4 Å². The fraction of sp³-hybridized carbons (Fsp3) is 0.905. The third kappa shape index (κ3) is 11.9. The molecule has 1 atom stereocenters. The van der Waals surface area contributed by atoms with Crippen molar-refractivity contribution in [2.45, 2.75) is 52.6 Å². The monoisotopic (exact) mass is 413 g/mol. The smallest absolute Gasteiger partial charge is 0.410 e. The maximum Gasteiger partial charge on any atom is 0.410 e. The molecule has 2 N–H and O–H groups in total. The van der Waals surface area contributed by atoms with Crippen LogP contribution in [0.25, 0.3) is 0 Å². The molecule has 1 aliphatic heterocycles. The number of amides is 1. The molecule has 1 rings (SSSR count). The molecule has 0 aromatic heterocycles. The zero-order chi connectivity index (χ0) is 21.7. The van der Waals surface area contributed by atoms with E-state index in [-0.39, 0.29) is 6.09 Å². The van der Waals surface area contributed by atoms with E-state index >= 15 is 0 Å². The number of likely N-dealkylation sites (tertiary alicyclic amines) is 1. The van der Waals surface area contributed by atoms with Gasteiger partial charge in [-0.1, -0.05) is 0 Å². The van der Waals surface area contributed by atoms with Gasteiger partial charge in [0.25, 0.3) is 0 Å². The maximum atomic E-state index is 12.3. The highest BCUT2D eigenvalue weighted by Gasteiger charge is 2.27. The number of hydrogen-bond donors (Lipinski definition) is 2. The molecule has 1 unspecified atom stereocenters. The average Bonchev–Trinajstić information content (AvgIpc) is 2.65. The van der Waals surface area contributed by atoms with Crippen molar-refractivity contribution in [3.05, 3.63) is 0 Å². The van der Waals surface area contributed by atoms with Gasteiger partial charge in [-0.25, -0.2) is 4.79 Å². The lowest BCUT2D eigenvalue weighted by Crippen LogP contribution is -2.44. The molecule has 0 aromatic carbocycles. The summed E-state index contributed by atoms with van der Waals surface area (Å²) in [6, 6.07) is 0. The highest BCUT2D eigenvalue weighted by atomic mass is 16.6. The number of piperidine rings is 1. The molecule has 1 saturated heterocycles. The van der Waals surface area contributed by atoms with Gasteiger partial charge in [0.15, 0.2) is 5.96 Å². The minimum atomic E-state index is -0.457. The number of guanidine groups is 1. The van der Waals surface area contributed by atoms with Crippen LogP contribution in [0.1, 0.15) is 47.0 Å². The SMILES string of the molecule is CCNC(=NCC1CCCN(C(=O)OC(C)(C)C)C1)NCCN(C)CCCOC. The molecule has 0 aliphatic carbocycles. The summed E-state index contributed by atoms with van der Waals surface area (Å²) >= 11 is 0. The van der Waals surface area contributed by atoms with Crippen LogP contribution in [0.3, 0.4) is 0 Å². The number of methoxy groups -OCH3 is 1. The summed E-state index contributed by atoms with van der Waals surface area (Å²) in [6.07, 6.45) is 2.91. The molecule has 1 fully saturated rings. The minimum Gasteiger partial charge on any atom is -0.444 e. The molecule has 0 spiro atoms. The van der Waals surface area contributed by atoms with E-state index in [1.54, 1.807) is 7.11 Å². The number of nitrogens with one attached hydrogen (secondary N) is 2. The molecule has 1 amide bonds. The molecule has 0 bridgehead atoms. The second kappa shape index (κ2) is 13.6. The van der Waals surface area contributed by atoms with Crippen LogP contribution in [0, 0.1) is 5.92 Å². The van der Waals surface area contributed by atoms with Crippen LogP contribution in [0.2, 0.25) is 0 Å². The van der Waals surface area contributed by atoms with Crippen molar-refractivity contribution in [3.8, 4) is 0 Å². The molecule has 170 valence electrons. The van der Waals surface area contributed by atoms with E-state index in [0.717, 1.165) is 64.6 Å². The van der Waals surface area contributed by atoms with Gasteiger partial charge >= 0.3 is 6.09 Å². The van der Waals surface area contributed by atoms with Crippen molar-refractivity contribution in [1.29, 1.82) is 0 Å². The summed E-state index contributed by atoms with van der Waals surface area (Å²) in [7, 11) is 3.86. The van der Waals surface area contributed by atoms with Crippen LogP contribution < -0.4 is 10.6 Å². The van der Waals surface area contributed by atoms with Gasteiger partial charge in [-0.2, -0.15) is 0 Å². The molecule has 1 aliphatic rings. The molecular weight excluding hydrogens is 370 g/mol. The zero-order valence-corrected chi connectivity index (χ0v) is 19.4. The van der Waals surface area contributed by atoms with E-state index in [9.17, 15) is 4.79 Å². The standard InChI is InChI=1S/C21H43N5O3/c1-7-22-19(23-11-14-25(5)12-9-15-28-6)24-16-18-10-8-13-26(17-18)20(27)29-21(2,3)4/h18H,7-17H2,1-6H3,(H2,22,23,24). The molecule has 29 heavy (non-hydrogen) atoms. The molecule has 8 heteroatoms. The Bertz CT molecular complexity index is 493. The quantitative estimate of drug-likeness (QED) is 0.325. The lowest BCUT2D eigenvalue weighted by atomic mass is 9.98. The number of carbonyl (C=O) groups is 1. The van der Waals surface area contributed by atoms with Gasteiger partial charge in [-0.3, -0.25) is 4.99 Å². The van der Waals surface area contributed by atoms with Gasteiger partial charge in [0, 0.05) is 59.5 Å². The number of carbonyl (C=O) groups excluding carboxylic acids is 1. The number of likely N-dealkylation sites (N-methyl/N-ethyl adjacent to an activating group) is 1. The van der Waals surface area contributed by atoms with Crippen LogP contribution in [0.4, 0.5) is 4.79 Å². The maximum absolute atomic E-state index is 12.3. The number of aliphatic imine (C=N–C) groups is 1. The first-order valence-corrected chi connectivity index (χ1v) is 10.9. The number of hydrogen-bond acceptors (Lipinski definition) is 5. The largest absolute Gasteiger partial charge is 0.444 e. The highest BCUT2D eigenvalue weighted by Crippen LogP contribution is 2.19. The molecular formula is C21H43N5O3. The lowest BCUT2D eigenvalue weighted by molar-refractivity contribution is 0.0170. The van der Waals surface area contributed by atoms with Crippen LogP contribution in [0.5, 0.6) is 0 Å². The average molecular weight is 414 g/mol. The van der Waals surface area contributed by atoms with Crippen molar-refractivity contribution in [2.24, 2.45) is 10.9 Å². The number of rotatable bonds is 10. The Kier molecular flexibility index (Phi) is 12.0. The molecule has 8 nitrogen and oxygen atoms in total. The third-order valence-corrected chi connectivity index (χ3v) is 4.70. The summed E-state index contributed by atoms with van der Waals surface area (Å²) < 4.78 is 10.6. The molecule has 0 radical (unpaired) electrons. The Morgan fingerprint density at radius 1 is 1.28 bits per heavy atom. The van der Waals surface area contributed by atoms with Gasteiger partial charge in [0.05, 0.1) is 0 Å². The van der Waals surface area contributed by atoms with Crippen molar-refractivity contribution < 1.29 is 14.3 Å². The van der Waals surface area contributed by atoms with Gasteiger partial charge in [0.2, 0.25) is 0 Å². The van der Waals surface area contributed by atoms with Crippen LogP contribution in [0.15, 0.2) is 4.99 Å².